The summed E-state index contributed by atoms with van der Waals surface area (Å²) in [5.74, 6) is -0.683. The number of nitro groups is 1. The number of hydrogen-bond acceptors (Lipinski definition) is 7. The van der Waals surface area contributed by atoms with Gasteiger partial charge in [0.25, 0.3) is 5.69 Å². The molecule has 0 aliphatic carbocycles. The van der Waals surface area contributed by atoms with E-state index in [0.29, 0.717) is 0 Å². The van der Waals surface area contributed by atoms with Crippen molar-refractivity contribution in [2.24, 2.45) is 0 Å². The van der Waals surface area contributed by atoms with Gasteiger partial charge in [0.05, 0.1) is 41.4 Å². The molecule has 27 heavy (non-hydrogen) atoms. The number of benzene rings is 2. The fraction of sp³-hybridized carbons (Fsp3) is 0.235. The van der Waals surface area contributed by atoms with Gasteiger partial charge in [0.2, 0.25) is 0 Å². The lowest BCUT2D eigenvalue weighted by atomic mass is 10.1. The number of carbonyl (C=O) groups is 1. The van der Waals surface area contributed by atoms with Crippen LogP contribution in [0.2, 0.25) is 10.0 Å². The fourth-order valence-electron chi connectivity index (χ4n) is 2.44. The van der Waals surface area contributed by atoms with Gasteiger partial charge in [-0.2, -0.15) is 0 Å². The monoisotopic (exact) mass is 415 g/mol. The Labute approximate surface area is 164 Å². The molecule has 0 radical (unpaired) electrons. The first-order valence-corrected chi connectivity index (χ1v) is 8.29. The van der Waals surface area contributed by atoms with Crippen LogP contribution < -0.4 is 4.74 Å². The lowest BCUT2D eigenvalue weighted by molar-refractivity contribution is -0.385. The van der Waals surface area contributed by atoms with E-state index in [-0.39, 0.29) is 43.7 Å². The Morgan fingerprint density at radius 2 is 1.81 bits per heavy atom. The Balaban J connectivity index is 2.35. The van der Waals surface area contributed by atoms with E-state index >= 15 is 0 Å². The van der Waals surface area contributed by atoms with Gasteiger partial charge >= 0.3 is 5.97 Å². The first-order valence-electron chi connectivity index (χ1n) is 7.53. The zero-order valence-corrected chi connectivity index (χ0v) is 15.6. The third-order valence-electron chi connectivity index (χ3n) is 3.77. The summed E-state index contributed by atoms with van der Waals surface area (Å²) < 4.78 is 10.2. The zero-order chi connectivity index (χ0) is 20.1. The molecule has 2 N–H and O–H groups in total. The van der Waals surface area contributed by atoms with E-state index < -0.39 is 30.7 Å². The number of halogens is 2. The molecule has 0 atom stereocenters. The highest BCUT2D eigenvalue weighted by Crippen LogP contribution is 2.31. The summed E-state index contributed by atoms with van der Waals surface area (Å²) in [4.78, 5) is 23.0. The molecule has 0 saturated carbocycles. The molecule has 144 valence electrons. The Hall–Kier alpha value is -2.39. The van der Waals surface area contributed by atoms with E-state index in [0.717, 1.165) is 6.07 Å². The highest BCUT2D eigenvalue weighted by Gasteiger charge is 2.23. The third kappa shape index (κ3) is 4.48. The van der Waals surface area contributed by atoms with Crippen molar-refractivity contribution < 1.29 is 29.4 Å². The molecule has 0 saturated heterocycles. The Kier molecular flexibility index (Phi) is 6.98. The van der Waals surface area contributed by atoms with Crippen molar-refractivity contribution in [1.29, 1.82) is 0 Å². The molecule has 0 aromatic heterocycles. The van der Waals surface area contributed by atoms with Gasteiger partial charge in [0.1, 0.15) is 12.4 Å². The Bertz CT molecular complexity index is 886. The SMILES string of the molecule is COc1cc(COC(=O)c2c(Cl)ccc(Cl)c2CO)c([N+](=O)[O-])cc1CO. The van der Waals surface area contributed by atoms with Gasteiger partial charge in [-0.15, -0.1) is 0 Å². The summed E-state index contributed by atoms with van der Waals surface area (Å²) in [6, 6.07) is 5.26. The predicted molar refractivity (Wildman–Crippen MR) is 97.1 cm³/mol. The number of carbonyl (C=O) groups excluding carboxylic acids is 1. The maximum Gasteiger partial charge on any atom is 0.340 e. The minimum atomic E-state index is -0.897. The molecule has 0 fully saturated rings. The average Bonchev–Trinajstić information content (AvgIpc) is 2.66. The van der Waals surface area contributed by atoms with Crippen molar-refractivity contribution in [3.63, 3.8) is 0 Å². The highest BCUT2D eigenvalue weighted by molar-refractivity contribution is 6.36. The molecule has 10 heteroatoms. The summed E-state index contributed by atoms with van der Waals surface area (Å²) in [6.45, 7) is -1.45. The first-order chi connectivity index (χ1) is 12.8. The summed E-state index contributed by atoms with van der Waals surface area (Å²) >= 11 is 11.9. The standard InChI is InChI=1S/C17H15Cl2NO7/c1-26-15-5-10(14(20(24)25)4-9(15)6-21)8-27-17(23)16-11(7-22)12(18)2-3-13(16)19/h2-5,21-22H,6-8H2,1H3. The predicted octanol–water partition coefficient (Wildman–Crippen LogP) is 3.25. The molecular weight excluding hydrogens is 401 g/mol. The van der Waals surface area contributed by atoms with E-state index in [1.807, 2.05) is 0 Å². The summed E-state index contributed by atoms with van der Waals surface area (Å²) in [5, 5.41) is 30.1. The lowest BCUT2D eigenvalue weighted by Crippen LogP contribution is -2.11. The fourth-order valence-corrected chi connectivity index (χ4v) is 2.91. The van der Waals surface area contributed by atoms with Gasteiger partial charge in [0.15, 0.2) is 0 Å². The Morgan fingerprint density at radius 1 is 1.15 bits per heavy atom. The van der Waals surface area contributed by atoms with Crippen LogP contribution in [0.25, 0.3) is 0 Å². The second-order valence-electron chi connectivity index (χ2n) is 5.32. The van der Waals surface area contributed by atoms with Crippen molar-refractivity contribution in [1.82, 2.24) is 0 Å². The van der Waals surface area contributed by atoms with Gasteiger partial charge in [-0.1, -0.05) is 23.2 Å². The van der Waals surface area contributed by atoms with Crippen LogP contribution in [-0.2, 0) is 24.6 Å². The number of aliphatic hydroxyl groups is 2. The number of ether oxygens (including phenoxy) is 2. The second kappa shape index (κ2) is 9.01. The molecule has 0 spiro atoms. The van der Waals surface area contributed by atoms with Crippen LogP contribution in [0.15, 0.2) is 24.3 Å². The quantitative estimate of drug-likeness (QED) is 0.404. The zero-order valence-electron chi connectivity index (χ0n) is 14.1. The smallest absolute Gasteiger partial charge is 0.340 e. The summed E-state index contributed by atoms with van der Waals surface area (Å²) in [6.07, 6.45) is 0. The minimum Gasteiger partial charge on any atom is -0.496 e. The largest absolute Gasteiger partial charge is 0.496 e. The van der Waals surface area contributed by atoms with Gasteiger partial charge in [-0.05, 0) is 18.2 Å². The lowest BCUT2D eigenvalue weighted by Gasteiger charge is -2.13. The van der Waals surface area contributed by atoms with E-state index in [4.69, 9.17) is 32.7 Å². The molecule has 0 unspecified atom stereocenters. The number of hydrogen-bond donors (Lipinski definition) is 2. The second-order valence-corrected chi connectivity index (χ2v) is 6.14. The molecule has 2 aromatic carbocycles. The van der Waals surface area contributed by atoms with Crippen LogP contribution in [-0.4, -0.2) is 28.2 Å². The van der Waals surface area contributed by atoms with Gasteiger partial charge in [0, 0.05) is 22.2 Å². The van der Waals surface area contributed by atoms with Crippen LogP contribution in [0, 0.1) is 10.1 Å². The van der Waals surface area contributed by atoms with Crippen LogP contribution in [0.4, 0.5) is 5.69 Å². The first kappa shape index (κ1) is 20.9. The topological polar surface area (TPSA) is 119 Å². The number of rotatable bonds is 7. The molecule has 0 aliphatic rings. The number of methoxy groups -OCH3 is 1. The van der Waals surface area contributed by atoms with E-state index in [9.17, 15) is 25.1 Å². The molecule has 2 aromatic rings. The molecule has 0 aliphatic heterocycles. The van der Waals surface area contributed by atoms with Gasteiger partial charge < -0.3 is 19.7 Å². The van der Waals surface area contributed by atoms with Crippen LogP contribution in [0.5, 0.6) is 5.75 Å². The molecule has 2 rings (SSSR count). The van der Waals surface area contributed by atoms with E-state index in [1.54, 1.807) is 0 Å². The molecule has 0 heterocycles. The van der Waals surface area contributed by atoms with E-state index in [2.05, 4.69) is 0 Å². The number of aliphatic hydroxyl groups excluding tert-OH is 2. The van der Waals surface area contributed by atoms with Crippen LogP contribution in [0.3, 0.4) is 0 Å². The Morgan fingerprint density at radius 3 is 2.37 bits per heavy atom. The van der Waals surface area contributed by atoms with Crippen LogP contribution >= 0.6 is 23.2 Å². The highest BCUT2D eigenvalue weighted by atomic mass is 35.5. The maximum absolute atomic E-state index is 12.4. The number of esters is 1. The van der Waals surface area contributed by atoms with Crippen molar-refractivity contribution >= 4 is 34.9 Å². The average molecular weight is 416 g/mol. The van der Waals surface area contributed by atoms with E-state index in [1.165, 1.54) is 25.3 Å². The van der Waals surface area contributed by atoms with Crippen molar-refractivity contribution in [3.8, 4) is 5.75 Å². The van der Waals surface area contributed by atoms with Crippen molar-refractivity contribution in [2.45, 2.75) is 19.8 Å². The van der Waals surface area contributed by atoms with Gasteiger partial charge in [-0.25, -0.2) is 4.79 Å². The van der Waals surface area contributed by atoms with Crippen LogP contribution in [0.1, 0.15) is 27.0 Å². The van der Waals surface area contributed by atoms with Crippen molar-refractivity contribution in [2.75, 3.05) is 7.11 Å². The maximum atomic E-state index is 12.4. The molecular formula is C17H15Cl2NO7. The minimum absolute atomic E-state index is 0.0242. The molecule has 0 bridgehead atoms. The number of nitro benzene ring substituents is 1. The van der Waals surface area contributed by atoms with Crippen molar-refractivity contribution in [3.05, 3.63) is 66.7 Å². The summed E-state index contributed by atoms with van der Waals surface area (Å²) in [7, 11) is 1.34. The third-order valence-corrected chi connectivity index (χ3v) is 4.44. The number of nitrogens with zero attached hydrogens (tertiary/aromatic N) is 1. The summed E-state index contributed by atoms with van der Waals surface area (Å²) in [5.41, 5.74) is -0.0804. The molecule has 8 nitrogen and oxygen atoms in total. The normalized spacial score (nSPS) is 10.6. The van der Waals surface area contributed by atoms with Gasteiger partial charge in [-0.3, -0.25) is 10.1 Å². The molecule has 0 amide bonds.